The van der Waals surface area contributed by atoms with Crippen molar-refractivity contribution in [2.45, 2.75) is 0 Å². The van der Waals surface area contributed by atoms with E-state index >= 15 is 0 Å². The van der Waals surface area contributed by atoms with Gasteiger partial charge in [0, 0.05) is 4.92 Å². The molecule has 0 unspecified atom stereocenters. The molecule has 0 aliphatic rings. The van der Waals surface area contributed by atoms with Crippen LogP contribution in [0.25, 0.3) is 0 Å². The fraction of sp³-hybridized carbons (Fsp3) is 0.125. The summed E-state index contributed by atoms with van der Waals surface area (Å²) in [6.45, 7) is -0.308. The van der Waals surface area contributed by atoms with Crippen LogP contribution in [-0.4, -0.2) is 17.3 Å². The Bertz CT molecular complexity index is 329. The highest BCUT2D eigenvalue weighted by atomic mass is 32.1. The maximum absolute atomic E-state index is 11.2. The summed E-state index contributed by atoms with van der Waals surface area (Å²) in [6, 6.07) is 3.45. The number of hydrogen-bond acceptors (Lipinski definition) is 4. The molecular formula is C8H7NO3S. The van der Waals surface area contributed by atoms with Crippen LogP contribution < -0.4 is 0 Å². The number of thiophene rings is 1. The smallest absolute Gasteiger partial charge is 0.222 e. The SMILES string of the molecule is O=C(C=CC[N+](=O)[O-])c1cccs1. The van der Waals surface area contributed by atoms with E-state index in [-0.39, 0.29) is 12.3 Å². The first-order chi connectivity index (χ1) is 6.20. The first-order valence-electron chi connectivity index (χ1n) is 3.56. The maximum Gasteiger partial charge on any atom is 0.222 e. The predicted octanol–water partition coefficient (Wildman–Crippen LogP) is 1.76. The van der Waals surface area contributed by atoms with Gasteiger partial charge in [-0.15, -0.1) is 11.3 Å². The fourth-order valence-corrected chi connectivity index (χ4v) is 1.39. The molecule has 1 rings (SSSR count). The summed E-state index contributed by atoms with van der Waals surface area (Å²) in [7, 11) is 0. The van der Waals surface area contributed by atoms with Gasteiger partial charge in [0.1, 0.15) is 0 Å². The van der Waals surface area contributed by atoms with Crippen LogP contribution in [0.2, 0.25) is 0 Å². The van der Waals surface area contributed by atoms with Crippen LogP contribution in [-0.2, 0) is 0 Å². The molecule has 0 aliphatic carbocycles. The van der Waals surface area contributed by atoms with E-state index in [1.165, 1.54) is 23.5 Å². The standard InChI is InChI=1S/C8H7NO3S/c10-7(3-1-5-9(11)12)8-4-2-6-13-8/h1-4,6H,5H2. The van der Waals surface area contributed by atoms with E-state index < -0.39 is 4.92 Å². The van der Waals surface area contributed by atoms with Crippen molar-refractivity contribution in [3.8, 4) is 0 Å². The highest BCUT2D eigenvalue weighted by molar-refractivity contribution is 7.12. The first-order valence-corrected chi connectivity index (χ1v) is 4.44. The second-order valence-corrected chi connectivity index (χ2v) is 3.21. The van der Waals surface area contributed by atoms with E-state index in [9.17, 15) is 14.9 Å². The van der Waals surface area contributed by atoms with Crippen molar-refractivity contribution in [3.63, 3.8) is 0 Å². The van der Waals surface area contributed by atoms with Crippen LogP contribution >= 0.6 is 11.3 Å². The van der Waals surface area contributed by atoms with Gasteiger partial charge in [-0.05, 0) is 23.6 Å². The Morgan fingerprint density at radius 1 is 1.69 bits per heavy atom. The van der Waals surface area contributed by atoms with Crippen molar-refractivity contribution in [3.05, 3.63) is 44.7 Å². The highest BCUT2D eigenvalue weighted by Crippen LogP contribution is 2.09. The minimum atomic E-state index is -0.488. The zero-order valence-electron chi connectivity index (χ0n) is 6.67. The molecule has 0 saturated carbocycles. The van der Waals surface area contributed by atoms with Gasteiger partial charge in [-0.3, -0.25) is 14.9 Å². The molecule has 5 heteroatoms. The lowest BCUT2D eigenvalue weighted by atomic mass is 10.3. The third-order valence-electron chi connectivity index (χ3n) is 1.29. The van der Waals surface area contributed by atoms with Crippen molar-refractivity contribution in [2.75, 3.05) is 6.54 Å². The summed E-state index contributed by atoms with van der Waals surface area (Å²) in [5.74, 6) is -0.183. The van der Waals surface area contributed by atoms with Crippen LogP contribution in [0.1, 0.15) is 9.67 Å². The summed E-state index contributed by atoms with van der Waals surface area (Å²) < 4.78 is 0. The molecule has 0 bridgehead atoms. The molecule has 0 fully saturated rings. The second kappa shape index (κ2) is 4.51. The quantitative estimate of drug-likeness (QED) is 0.320. The Balaban J connectivity index is 2.51. The number of nitro groups is 1. The van der Waals surface area contributed by atoms with E-state index in [0.29, 0.717) is 4.88 Å². The Hall–Kier alpha value is -1.49. The van der Waals surface area contributed by atoms with E-state index in [1.54, 1.807) is 17.5 Å². The number of carbonyl (C=O) groups is 1. The lowest BCUT2D eigenvalue weighted by molar-refractivity contribution is -0.468. The lowest BCUT2D eigenvalue weighted by Gasteiger charge is -1.86. The van der Waals surface area contributed by atoms with Crippen LogP contribution in [0.4, 0.5) is 0 Å². The highest BCUT2D eigenvalue weighted by Gasteiger charge is 2.01. The van der Waals surface area contributed by atoms with E-state index in [1.807, 2.05) is 0 Å². The second-order valence-electron chi connectivity index (χ2n) is 2.26. The zero-order valence-corrected chi connectivity index (χ0v) is 7.49. The molecule has 0 N–H and O–H groups in total. The van der Waals surface area contributed by atoms with Gasteiger partial charge in [0.2, 0.25) is 6.54 Å². The average molecular weight is 197 g/mol. The Labute approximate surface area is 78.7 Å². The molecule has 1 aromatic heterocycles. The largest absolute Gasteiger partial charge is 0.288 e. The van der Waals surface area contributed by atoms with Gasteiger partial charge < -0.3 is 0 Å². The molecule has 0 saturated heterocycles. The summed E-state index contributed by atoms with van der Waals surface area (Å²) in [4.78, 5) is 21.2. The van der Waals surface area contributed by atoms with Crippen molar-refractivity contribution in [2.24, 2.45) is 0 Å². The molecule has 1 heterocycles. The molecule has 0 aliphatic heterocycles. The van der Waals surface area contributed by atoms with E-state index in [2.05, 4.69) is 0 Å². The van der Waals surface area contributed by atoms with Crippen molar-refractivity contribution in [1.82, 2.24) is 0 Å². The van der Waals surface area contributed by atoms with Gasteiger partial charge in [-0.2, -0.15) is 0 Å². The van der Waals surface area contributed by atoms with E-state index in [0.717, 1.165) is 0 Å². The number of ketones is 1. The topological polar surface area (TPSA) is 60.2 Å². The third kappa shape index (κ3) is 3.16. The molecule has 13 heavy (non-hydrogen) atoms. The normalized spacial score (nSPS) is 10.5. The zero-order chi connectivity index (χ0) is 9.68. The minimum Gasteiger partial charge on any atom is -0.288 e. The Kier molecular flexibility index (Phi) is 3.33. The fourth-order valence-electron chi connectivity index (χ4n) is 0.747. The monoisotopic (exact) mass is 197 g/mol. The van der Waals surface area contributed by atoms with Crippen LogP contribution in [0.15, 0.2) is 29.7 Å². The predicted molar refractivity (Wildman–Crippen MR) is 49.7 cm³/mol. The van der Waals surface area contributed by atoms with Crippen molar-refractivity contribution < 1.29 is 9.72 Å². The van der Waals surface area contributed by atoms with Gasteiger partial charge in [0.25, 0.3) is 0 Å². The molecule has 4 nitrogen and oxygen atoms in total. The summed E-state index contributed by atoms with van der Waals surface area (Å²) in [6.07, 6.45) is 2.48. The molecule has 68 valence electrons. The van der Waals surface area contributed by atoms with Crippen LogP contribution in [0, 0.1) is 10.1 Å². The number of carbonyl (C=O) groups excluding carboxylic acids is 1. The van der Waals surface area contributed by atoms with E-state index in [4.69, 9.17) is 0 Å². The van der Waals surface area contributed by atoms with Gasteiger partial charge in [0.05, 0.1) is 4.88 Å². The molecule has 0 aromatic carbocycles. The number of rotatable bonds is 4. The molecule has 0 atom stereocenters. The van der Waals surface area contributed by atoms with Gasteiger partial charge >= 0.3 is 0 Å². The van der Waals surface area contributed by atoms with Gasteiger partial charge in [0.15, 0.2) is 5.78 Å². The lowest BCUT2D eigenvalue weighted by Crippen LogP contribution is -1.97. The Morgan fingerprint density at radius 2 is 2.46 bits per heavy atom. The Morgan fingerprint density at radius 3 is 3.00 bits per heavy atom. The molecule has 0 spiro atoms. The number of allylic oxidation sites excluding steroid dienone is 1. The first kappa shape index (κ1) is 9.60. The average Bonchev–Trinajstić information content (AvgIpc) is 2.55. The third-order valence-corrected chi connectivity index (χ3v) is 2.17. The molecule has 0 amide bonds. The van der Waals surface area contributed by atoms with Crippen molar-refractivity contribution >= 4 is 17.1 Å². The summed E-state index contributed by atoms with van der Waals surface area (Å²) >= 11 is 1.32. The molecular weight excluding hydrogens is 190 g/mol. The van der Waals surface area contributed by atoms with Crippen LogP contribution in [0.3, 0.4) is 0 Å². The van der Waals surface area contributed by atoms with Gasteiger partial charge in [-0.1, -0.05) is 6.07 Å². The maximum atomic E-state index is 11.2. The van der Waals surface area contributed by atoms with Crippen molar-refractivity contribution in [1.29, 1.82) is 0 Å². The molecule has 1 aromatic rings. The summed E-state index contributed by atoms with van der Waals surface area (Å²) in [5.41, 5.74) is 0. The minimum absolute atomic E-state index is 0.183. The number of hydrogen-bond donors (Lipinski definition) is 0. The van der Waals surface area contributed by atoms with Crippen LogP contribution in [0.5, 0.6) is 0 Å². The van der Waals surface area contributed by atoms with Gasteiger partial charge in [-0.25, -0.2) is 0 Å². The summed E-state index contributed by atoms with van der Waals surface area (Å²) in [5, 5.41) is 11.7. The molecule has 0 radical (unpaired) electrons. The number of nitrogens with zero attached hydrogens (tertiary/aromatic N) is 1.